The van der Waals surface area contributed by atoms with E-state index in [0.717, 1.165) is 17.8 Å². The highest BCUT2D eigenvalue weighted by molar-refractivity contribution is 5.56. The van der Waals surface area contributed by atoms with Gasteiger partial charge < -0.3 is 4.98 Å². The summed E-state index contributed by atoms with van der Waals surface area (Å²) in [6.07, 6.45) is 4.70. The van der Waals surface area contributed by atoms with Crippen molar-refractivity contribution < 1.29 is 0 Å². The van der Waals surface area contributed by atoms with E-state index in [1.165, 1.54) is 6.07 Å². The zero-order valence-electron chi connectivity index (χ0n) is 9.84. The molecule has 0 aromatic carbocycles. The van der Waals surface area contributed by atoms with Crippen LogP contribution in [-0.4, -0.2) is 19.7 Å². The van der Waals surface area contributed by atoms with E-state index in [-0.39, 0.29) is 5.56 Å². The van der Waals surface area contributed by atoms with Crippen molar-refractivity contribution in [2.45, 2.75) is 19.3 Å². The van der Waals surface area contributed by atoms with Crippen LogP contribution in [0.25, 0.3) is 11.3 Å². The first-order valence-corrected chi connectivity index (χ1v) is 5.74. The van der Waals surface area contributed by atoms with Gasteiger partial charge in [-0.15, -0.1) is 0 Å². The predicted octanol–water partition coefficient (Wildman–Crippen LogP) is 1.29. The Morgan fingerprint density at radius 2 is 2.29 bits per heavy atom. The lowest BCUT2D eigenvalue weighted by molar-refractivity contribution is 0.768. The fourth-order valence-corrected chi connectivity index (χ4v) is 2.06. The van der Waals surface area contributed by atoms with Gasteiger partial charge in [-0.25, -0.2) is 4.98 Å². The maximum Gasteiger partial charge on any atom is 0.251 e. The standard InChI is InChI=1S/C12H14N4O/c1-7-3-9(7)12-14-10(4-11(17)15-12)8-5-13-16(2)6-8/h4-7,9H,3H2,1-2H3,(H,14,15,17). The summed E-state index contributed by atoms with van der Waals surface area (Å²) >= 11 is 0. The van der Waals surface area contributed by atoms with Crippen LogP contribution in [0, 0.1) is 5.92 Å². The van der Waals surface area contributed by atoms with E-state index in [9.17, 15) is 4.79 Å². The minimum atomic E-state index is -0.0899. The first-order valence-electron chi connectivity index (χ1n) is 5.74. The number of hydrogen-bond acceptors (Lipinski definition) is 3. The third kappa shape index (κ3) is 1.88. The molecule has 0 spiro atoms. The first kappa shape index (κ1) is 10.3. The van der Waals surface area contributed by atoms with E-state index >= 15 is 0 Å². The number of H-pyrrole nitrogens is 1. The fourth-order valence-electron chi connectivity index (χ4n) is 2.06. The van der Waals surface area contributed by atoms with Gasteiger partial charge in [-0.2, -0.15) is 5.10 Å². The molecule has 88 valence electrons. The Balaban J connectivity index is 2.05. The van der Waals surface area contributed by atoms with E-state index in [1.807, 2.05) is 13.2 Å². The van der Waals surface area contributed by atoms with Crippen LogP contribution in [-0.2, 0) is 7.05 Å². The van der Waals surface area contributed by atoms with Gasteiger partial charge in [0.1, 0.15) is 5.82 Å². The van der Waals surface area contributed by atoms with E-state index in [4.69, 9.17) is 0 Å². The van der Waals surface area contributed by atoms with Crippen LogP contribution in [0.3, 0.4) is 0 Å². The highest BCUT2D eigenvalue weighted by atomic mass is 16.1. The second kappa shape index (κ2) is 3.55. The molecule has 0 saturated heterocycles. The molecule has 17 heavy (non-hydrogen) atoms. The Morgan fingerprint density at radius 3 is 2.88 bits per heavy atom. The molecule has 2 unspecified atom stereocenters. The van der Waals surface area contributed by atoms with E-state index in [1.54, 1.807) is 10.9 Å². The molecule has 2 heterocycles. The number of nitrogens with one attached hydrogen (secondary N) is 1. The largest absolute Gasteiger partial charge is 0.310 e. The molecule has 1 saturated carbocycles. The molecular weight excluding hydrogens is 216 g/mol. The zero-order valence-corrected chi connectivity index (χ0v) is 9.84. The zero-order chi connectivity index (χ0) is 12.0. The molecule has 3 rings (SSSR count). The monoisotopic (exact) mass is 230 g/mol. The van der Waals surface area contributed by atoms with Crippen molar-refractivity contribution in [3.63, 3.8) is 0 Å². The molecule has 0 radical (unpaired) electrons. The minimum absolute atomic E-state index is 0.0899. The van der Waals surface area contributed by atoms with Gasteiger partial charge in [0.15, 0.2) is 0 Å². The van der Waals surface area contributed by atoms with Gasteiger partial charge in [-0.05, 0) is 12.3 Å². The van der Waals surface area contributed by atoms with E-state index < -0.39 is 0 Å². The lowest BCUT2D eigenvalue weighted by atomic mass is 10.2. The van der Waals surface area contributed by atoms with Gasteiger partial charge >= 0.3 is 0 Å². The Labute approximate surface area is 98.5 Å². The van der Waals surface area contributed by atoms with Crippen molar-refractivity contribution in [2.24, 2.45) is 13.0 Å². The van der Waals surface area contributed by atoms with Crippen molar-refractivity contribution in [3.05, 3.63) is 34.6 Å². The fraction of sp³-hybridized carbons (Fsp3) is 0.417. The highest BCUT2D eigenvalue weighted by Crippen LogP contribution is 2.45. The quantitative estimate of drug-likeness (QED) is 0.845. The summed E-state index contributed by atoms with van der Waals surface area (Å²) in [5, 5.41) is 4.09. The second-order valence-corrected chi connectivity index (χ2v) is 4.74. The Kier molecular flexibility index (Phi) is 2.14. The van der Waals surface area contributed by atoms with Crippen LogP contribution < -0.4 is 5.56 Å². The summed E-state index contributed by atoms with van der Waals surface area (Å²) < 4.78 is 1.71. The van der Waals surface area contributed by atoms with Crippen molar-refractivity contribution in [1.82, 2.24) is 19.7 Å². The highest BCUT2D eigenvalue weighted by Gasteiger charge is 2.36. The summed E-state index contributed by atoms with van der Waals surface area (Å²) in [5.41, 5.74) is 1.50. The van der Waals surface area contributed by atoms with Gasteiger partial charge in [-0.1, -0.05) is 6.92 Å². The number of hydrogen-bond donors (Lipinski definition) is 1. The van der Waals surface area contributed by atoms with Gasteiger partial charge in [0.05, 0.1) is 11.9 Å². The summed E-state index contributed by atoms with van der Waals surface area (Å²) in [5.74, 6) is 1.85. The molecule has 2 aromatic rings. The van der Waals surface area contributed by atoms with Crippen molar-refractivity contribution in [3.8, 4) is 11.3 Å². The van der Waals surface area contributed by atoms with Gasteiger partial charge in [0, 0.05) is 30.8 Å². The molecule has 0 bridgehead atoms. The topological polar surface area (TPSA) is 63.6 Å². The third-order valence-electron chi connectivity index (χ3n) is 3.22. The molecule has 5 heteroatoms. The minimum Gasteiger partial charge on any atom is -0.310 e. The summed E-state index contributed by atoms with van der Waals surface area (Å²) in [6, 6.07) is 1.52. The molecule has 0 aliphatic heterocycles. The van der Waals surface area contributed by atoms with Crippen LogP contribution in [0.4, 0.5) is 0 Å². The number of nitrogens with zero attached hydrogens (tertiary/aromatic N) is 3. The lowest BCUT2D eigenvalue weighted by Crippen LogP contribution is -2.10. The van der Waals surface area contributed by atoms with Gasteiger partial charge in [0.2, 0.25) is 0 Å². The Morgan fingerprint density at radius 1 is 1.53 bits per heavy atom. The van der Waals surface area contributed by atoms with E-state index in [2.05, 4.69) is 22.0 Å². The number of aromatic amines is 1. The van der Waals surface area contributed by atoms with Crippen molar-refractivity contribution in [2.75, 3.05) is 0 Å². The molecular formula is C12H14N4O. The number of aryl methyl sites for hydroxylation is 1. The van der Waals surface area contributed by atoms with Crippen molar-refractivity contribution >= 4 is 0 Å². The maximum atomic E-state index is 11.6. The summed E-state index contributed by atoms with van der Waals surface area (Å²) in [4.78, 5) is 19.0. The second-order valence-electron chi connectivity index (χ2n) is 4.74. The van der Waals surface area contributed by atoms with Gasteiger partial charge in [0.25, 0.3) is 5.56 Å². The molecule has 1 aliphatic rings. The predicted molar refractivity (Wildman–Crippen MR) is 63.6 cm³/mol. The van der Waals surface area contributed by atoms with Crippen LogP contribution >= 0.6 is 0 Å². The van der Waals surface area contributed by atoms with Crippen LogP contribution in [0.2, 0.25) is 0 Å². The summed E-state index contributed by atoms with van der Waals surface area (Å²) in [6.45, 7) is 2.17. The summed E-state index contributed by atoms with van der Waals surface area (Å²) in [7, 11) is 1.85. The SMILES string of the molecule is CC1CC1c1nc(-c2cnn(C)c2)cc(=O)[nH]1. The smallest absolute Gasteiger partial charge is 0.251 e. The first-order chi connectivity index (χ1) is 8.13. The van der Waals surface area contributed by atoms with Gasteiger partial charge in [-0.3, -0.25) is 9.48 Å². The number of aromatic nitrogens is 4. The van der Waals surface area contributed by atoms with Crippen molar-refractivity contribution in [1.29, 1.82) is 0 Å². The maximum absolute atomic E-state index is 11.6. The number of rotatable bonds is 2. The molecule has 2 aromatic heterocycles. The van der Waals surface area contributed by atoms with Crippen LogP contribution in [0.5, 0.6) is 0 Å². The Bertz CT molecular complexity index is 613. The lowest BCUT2D eigenvalue weighted by Gasteiger charge is -2.01. The Hall–Kier alpha value is -1.91. The molecule has 0 amide bonds. The average Bonchev–Trinajstić information content (AvgIpc) is 2.84. The van der Waals surface area contributed by atoms with E-state index in [0.29, 0.717) is 17.5 Å². The molecule has 1 aliphatic carbocycles. The normalized spacial score (nSPS) is 22.7. The molecule has 1 fully saturated rings. The molecule has 2 atom stereocenters. The molecule has 5 nitrogen and oxygen atoms in total. The molecule has 1 N–H and O–H groups in total. The van der Waals surface area contributed by atoms with Crippen LogP contribution in [0.15, 0.2) is 23.3 Å². The third-order valence-corrected chi connectivity index (χ3v) is 3.22. The average molecular weight is 230 g/mol. The van der Waals surface area contributed by atoms with Crippen LogP contribution in [0.1, 0.15) is 25.1 Å².